The Morgan fingerprint density at radius 2 is 1.71 bits per heavy atom. The van der Waals surface area contributed by atoms with Gasteiger partial charge in [0.15, 0.2) is 0 Å². The number of aryl methyl sites for hydroxylation is 2. The maximum atomic E-state index is 15.6. The van der Waals surface area contributed by atoms with Gasteiger partial charge in [0.2, 0.25) is 17.7 Å². The summed E-state index contributed by atoms with van der Waals surface area (Å²) in [5.41, 5.74) is 11.4. The summed E-state index contributed by atoms with van der Waals surface area (Å²) in [5, 5.41) is 12.3. The van der Waals surface area contributed by atoms with Crippen LogP contribution in [0.4, 0.5) is 10.1 Å². The lowest BCUT2D eigenvalue weighted by Crippen LogP contribution is -2.49. The lowest BCUT2D eigenvalue weighted by molar-refractivity contribution is -0.134. The molecule has 8 rings (SSSR count). The van der Waals surface area contributed by atoms with Gasteiger partial charge in [-0.05, 0) is 130 Å². The number of unbranched alkanes of at least 4 members (excludes halogenated alkanes) is 1. The molecule has 0 saturated carbocycles. The number of fused-ring (bicyclic) bond motifs is 2. The fraction of sp³-hybridized carbons (Fsp3) is 0.407. The van der Waals surface area contributed by atoms with E-state index in [0.29, 0.717) is 72.4 Å². The normalized spacial score (nSPS) is 17.2. The van der Waals surface area contributed by atoms with E-state index in [0.717, 1.165) is 78.3 Å². The summed E-state index contributed by atoms with van der Waals surface area (Å²) in [6, 6.07) is 17.8. The smallest absolute Gasteiger partial charge is 0.337 e. The van der Waals surface area contributed by atoms with Crippen LogP contribution in [0.5, 0.6) is 0 Å². The largest absolute Gasteiger partial charge is 0.465 e. The quantitative estimate of drug-likeness (QED) is 0.0631. The number of benzene rings is 4. The molecule has 3 aliphatic heterocycles. The highest BCUT2D eigenvalue weighted by Gasteiger charge is 2.33. The van der Waals surface area contributed by atoms with Crippen LogP contribution in [-0.4, -0.2) is 109 Å². The Bertz CT molecular complexity index is 2940. The number of carbonyl (C=O) groups excluding carboxylic acids is 5. The highest BCUT2D eigenvalue weighted by atomic mass is 19.1. The highest BCUT2D eigenvalue weighted by molar-refractivity contribution is 6.03. The number of nitrogens with zero attached hydrogens (tertiary/aromatic N) is 5. The molecule has 0 aliphatic carbocycles. The van der Waals surface area contributed by atoms with Gasteiger partial charge in [0.05, 0.1) is 48.1 Å². The summed E-state index contributed by atoms with van der Waals surface area (Å²) in [5.74, 6) is 10.7. The summed E-state index contributed by atoms with van der Waals surface area (Å²) in [4.78, 5) is 69.9. The average Bonchev–Trinajstić information content (AvgIpc) is 3.67. The zero-order valence-corrected chi connectivity index (χ0v) is 39.8. The lowest BCUT2D eigenvalue weighted by atomic mass is 9.92. The number of likely N-dealkylation sites (tertiary alicyclic amines) is 1. The van der Waals surface area contributed by atoms with Crippen molar-refractivity contribution in [2.75, 3.05) is 64.4 Å². The third-order valence-corrected chi connectivity index (χ3v) is 13.7. The molecular formula is C54H59FN8O6. The second-order valence-electron chi connectivity index (χ2n) is 18.2. The number of hydrogen-bond donors (Lipinski definition) is 3. The van der Waals surface area contributed by atoms with Crippen molar-refractivity contribution in [3.8, 4) is 23.7 Å². The number of halogens is 1. The van der Waals surface area contributed by atoms with Crippen molar-refractivity contribution < 1.29 is 33.1 Å². The number of esters is 1. The summed E-state index contributed by atoms with van der Waals surface area (Å²) in [6.07, 6.45) is 4.57. The molecule has 3 aliphatic rings. The van der Waals surface area contributed by atoms with Crippen LogP contribution in [0, 0.1) is 42.3 Å². The van der Waals surface area contributed by atoms with E-state index in [9.17, 15) is 24.0 Å². The van der Waals surface area contributed by atoms with Gasteiger partial charge in [-0.1, -0.05) is 41.9 Å². The fourth-order valence-corrected chi connectivity index (χ4v) is 9.75. The number of amides is 4. The van der Waals surface area contributed by atoms with E-state index < -0.39 is 23.6 Å². The Hall–Kier alpha value is -7.07. The Balaban J connectivity index is 0.813. The van der Waals surface area contributed by atoms with E-state index >= 15 is 4.39 Å². The van der Waals surface area contributed by atoms with Gasteiger partial charge < -0.3 is 30.5 Å². The minimum atomic E-state index is -0.612. The van der Waals surface area contributed by atoms with Crippen molar-refractivity contribution in [3.05, 3.63) is 106 Å². The molecular weight excluding hydrogens is 876 g/mol. The predicted molar refractivity (Wildman–Crippen MR) is 263 cm³/mol. The average molecular weight is 935 g/mol. The number of methoxy groups -OCH3 is 1. The Kier molecular flexibility index (Phi) is 15.1. The van der Waals surface area contributed by atoms with E-state index in [2.05, 4.69) is 44.3 Å². The number of nitrogens with one attached hydrogen (secondary N) is 2. The standard InChI is InChI=1S/C54H59FN8O6/c1-34-10-11-37(8-7-22-56)30-43(34)53(67)57-35(2)40-16-14-38(44-31-39(54(68)69-4)15-17-41(40)44)13-12-36-20-24-61(25-21-36)23-6-5-9-50(65)63-28-26-62(27-29-63)48-33-47-45(32-46(48)55)51(59-60(47)3)42-18-19-49(64)58-52(42)66/h10-11,14-17,30-33,35-36,42H,5-6,9,18-29,56H2,1-4H3,(H,57,67)(H,58,64,66)/t35-,42?/m1/s1. The molecule has 4 amide bonds. The van der Waals surface area contributed by atoms with E-state index in [1.807, 2.05) is 60.0 Å². The van der Waals surface area contributed by atoms with Crippen molar-refractivity contribution >= 4 is 57.0 Å². The first kappa shape index (κ1) is 48.4. The third kappa shape index (κ3) is 11.0. The van der Waals surface area contributed by atoms with Crippen molar-refractivity contribution in [3.63, 3.8) is 0 Å². The van der Waals surface area contributed by atoms with Crippen molar-refractivity contribution in [2.24, 2.45) is 18.7 Å². The Morgan fingerprint density at radius 1 is 0.928 bits per heavy atom. The van der Waals surface area contributed by atoms with Crippen LogP contribution in [0.1, 0.15) is 112 Å². The minimum absolute atomic E-state index is 0.115. The number of hydrogen-bond acceptors (Lipinski definition) is 10. The third-order valence-electron chi connectivity index (χ3n) is 13.7. The molecule has 3 fully saturated rings. The van der Waals surface area contributed by atoms with E-state index in [-0.39, 0.29) is 42.6 Å². The molecule has 3 saturated heterocycles. The highest BCUT2D eigenvalue weighted by Crippen LogP contribution is 2.35. The zero-order valence-electron chi connectivity index (χ0n) is 39.8. The Labute approximate surface area is 402 Å². The maximum Gasteiger partial charge on any atom is 0.337 e. The monoisotopic (exact) mass is 934 g/mol. The van der Waals surface area contributed by atoms with Crippen LogP contribution in [0.2, 0.25) is 0 Å². The van der Waals surface area contributed by atoms with Crippen molar-refractivity contribution in [1.82, 2.24) is 30.2 Å². The van der Waals surface area contributed by atoms with Crippen LogP contribution in [0.3, 0.4) is 0 Å². The molecule has 4 N–H and O–H groups in total. The van der Waals surface area contributed by atoms with Crippen molar-refractivity contribution in [2.45, 2.75) is 70.8 Å². The molecule has 69 heavy (non-hydrogen) atoms. The van der Waals surface area contributed by atoms with Crippen molar-refractivity contribution in [1.29, 1.82) is 0 Å². The maximum absolute atomic E-state index is 15.6. The molecule has 1 unspecified atom stereocenters. The van der Waals surface area contributed by atoms with E-state index in [4.69, 9.17) is 10.5 Å². The van der Waals surface area contributed by atoms with Crippen LogP contribution in [-0.2, 0) is 26.2 Å². The van der Waals surface area contributed by atoms with E-state index in [1.165, 1.54) is 13.2 Å². The molecule has 1 aromatic heterocycles. The molecule has 5 aromatic rings. The first-order valence-corrected chi connectivity index (χ1v) is 23.8. The molecule has 0 radical (unpaired) electrons. The summed E-state index contributed by atoms with van der Waals surface area (Å²) < 4.78 is 22.3. The van der Waals surface area contributed by atoms with Crippen LogP contribution < -0.4 is 21.3 Å². The molecule has 4 heterocycles. The molecule has 358 valence electrons. The summed E-state index contributed by atoms with van der Waals surface area (Å²) in [7, 11) is 3.12. The van der Waals surface area contributed by atoms with Gasteiger partial charge in [0.25, 0.3) is 5.91 Å². The van der Waals surface area contributed by atoms with Crippen LogP contribution in [0.25, 0.3) is 21.7 Å². The second kappa shape index (κ2) is 21.5. The SMILES string of the molecule is COC(=O)c1ccc2c([C@@H](C)NC(=O)c3cc(C#CCN)ccc3C)ccc(C#CC3CCN(CCCCC(=O)N4CCN(c5cc6c(cc5F)c(C5CCC(=O)NC5=O)nn6C)CC4)CC3)c2c1. The van der Waals surface area contributed by atoms with E-state index in [1.54, 1.807) is 29.9 Å². The number of carbonyl (C=O) groups is 5. The molecule has 2 atom stereocenters. The number of ether oxygens (including phenoxy) is 1. The number of anilines is 1. The first-order chi connectivity index (χ1) is 33.3. The van der Waals surface area contributed by atoms with Gasteiger partial charge in [0.1, 0.15) is 5.82 Å². The number of nitrogens with two attached hydrogens (primary N) is 1. The molecule has 14 nitrogen and oxygen atoms in total. The topological polar surface area (TPSA) is 172 Å². The van der Waals surface area contributed by atoms with Gasteiger partial charge in [0, 0.05) is 74.1 Å². The Morgan fingerprint density at radius 3 is 2.45 bits per heavy atom. The summed E-state index contributed by atoms with van der Waals surface area (Å²) >= 11 is 0. The lowest BCUT2D eigenvalue weighted by Gasteiger charge is -2.36. The first-order valence-electron chi connectivity index (χ1n) is 23.8. The molecule has 0 spiro atoms. The number of piperidine rings is 2. The second-order valence-corrected chi connectivity index (χ2v) is 18.2. The number of piperazine rings is 1. The zero-order chi connectivity index (χ0) is 48.8. The minimum Gasteiger partial charge on any atom is -0.465 e. The number of imide groups is 1. The van der Waals surface area contributed by atoms with Crippen LogP contribution >= 0.6 is 0 Å². The van der Waals surface area contributed by atoms with Crippen LogP contribution in [0.15, 0.2) is 60.7 Å². The van der Waals surface area contributed by atoms with Gasteiger partial charge in [-0.15, -0.1) is 0 Å². The van der Waals surface area contributed by atoms with Gasteiger partial charge >= 0.3 is 5.97 Å². The fourth-order valence-electron chi connectivity index (χ4n) is 9.75. The van der Waals surface area contributed by atoms with Gasteiger partial charge in [-0.25, -0.2) is 9.18 Å². The van der Waals surface area contributed by atoms with Gasteiger partial charge in [-0.2, -0.15) is 5.10 Å². The molecule has 4 aromatic carbocycles. The summed E-state index contributed by atoms with van der Waals surface area (Å²) in [6.45, 7) is 8.81. The number of aromatic nitrogens is 2. The number of rotatable bonds is 11. The molecule has 15 heteroatoms. The van der Waals surface area contributed by atoms with Gasteiger partial charge in [-0.3, -0.25) is 29.2 Å². The predicted octanol–water partition coefficient (Wildman–Crippen LogP) is 5.86. The molecule has 0 bridgehead atoms.